The van der Waals surface area contributed by atoms with Crippen molar-refractivity contribution in [2.75, 3.05) is 20.2 Å². The first-order valence-electron chi connectivity index (χ1n) is 6.26. The lowest BCUT2D eigenvalue weighted by Gasteiger charge is -2.29. The van der Waals surface area contributed by atoms with E-state index in [1.54, 1.807) is 0 Å². The molecule has 1 aromatic rings. The molecule has 1 N–H and O–H groups in total. The Balaban J connectivity index is 2.22. The first-order valence-corrected chi connectivity index (χ1v) is 8.58. The lowest BCUT2D eigenvalue weighted by molar-refractivity contribution is -0.142. The van der Waals surface area contributed by atoms with Gasteiger partial charge in [0.25, 0.3) is 0 Å². The number of nitrogens with zero attached hydrogens (tertiary/aromatic N) is 1. The minimum absolute atomic E-state index is 0.0397. The van der Waals surface area contributed by atoms with Gasteiger partial charge in [0.2, 0.25) is 10.0 Å². The Kier molecular flexibility index (Phi) is 4.64. The van der Waals surface area contributed by atoms with E-state index in [2.05, 4.69) is 4.74 Å². The lowest BCUT2D eigenvalue weighted by atomic mass is 9.99. The van der Waals surface area contributed by atoms with E-state index in [0.29, 0.717) is 0 Å². The molecule has 0 radical (unpaired) electrons. The molecule has 0 saturated carbocycles. The molecule has 0 unspecified atom stereocenters. The summed E-state index contributed by atoms with van der Waals surface area (Å²) in [6.07, 6.45) is 0.540. The topological polar surface area (TPSA) is 101 Å². The number of hydrogen-bond acceptors (Lipinski definition) is 6. The van der Waals surface area contributed by atoms with Crippen LogP contribution in [0.1, 0.15) is 22.5 Å². The highest BCUT2D eigenvalue weighted by atomic mass is 32.2. The summed E-state index contributed by atoms with van der Waals surface area (Å²) in [6, 6.07) is 1.37. The summed E-state index contributed by atoms with van der Waals surface area (Å²) in [7, 11) is -2.61. The van der Waals surface area contributed by atoms with E-state index in [4.69, 9.17) is 5.11 Å². The number of aliphatic carboxylic acids is 1. The molecule has 7 nitrogen and oxygen atoms in total. The average Bonchev–Trinajstić information content (AvgIpc) is 2.96. The van der Waals surface area contributed by atoms with Crippen LogP contribution >= 0.6 is 11.3 Å². The van der Waals surface area contributed by atoms with E-state index in [1.165, 1.54) is 22.9 Å². The third kappa shape index (κ3) is 3.09. The van der Waals surface area contributed by atoms with Crippen LogP contribution in [0.2, 0.25) is 0 Å². The minimum Gasteiger partial charge on any atom is -0.481 e. The second-order valence-corrected chi connectivity index (χ2v) is 7.44. The molecule has 9 heteroatoms. The zero-order valence-corrected chi connectivity index (χ0v) is 12.9. The van der Waals surface area contributed by atoms with Crippen molar-refractivity contribution in [1.29, 1.82) is 0 Å². The van der Waals surface area contributed by atoms with Gasteiger partial charge in [0, 0.05) is 13.1 Å². The molecule has 1 aromatic heterocycles. The Hall–Kier alpha value is -1.45. The van der Waals surface area contributed by atoms with Crippen molar-refractivity contribution < 1.29 is 27.9 Å². The summed E-state index contributed by atoms with van der Waals surface area (Å²) in [6.45, 7) is 0.269. The van der Waals surface area contributed by atoms with Crippen molar-refractivity contribution in [3.8, 4) is 0 Å². The zero-order valence-electron chi connectivity index (χ0n) is 11.3. The Morgan fingerprint density at radius 3 is 2.52 bits per heavy atom. The molecule has 0 atom stereocenters. The Bertz CT molecular complexity index is 642. The van der Waals surface area contributed by atoms with E-state index in [-0.39, 0.29) is 35.7 Å². The van der Waals surface area contributed by atoms with Gasteiger partial charge in [-0.1, -0.05) is 0 Å². The van der Waals surface area contributed by atoms with Gasteiger partial charge in [-0.3, -0.25) is 4.79 Å². The van der Waals surface area contributed by atoms with Crippen molar-refractivity contribution in [3.63, 3.8) is 0 Å². The van der Waals surface area contributed by atoms with Crippen LogP contribution in [0.25, 0.3) is 0 Å². The largest absolute Gasteiger partial charge is 0.481 e. The maximum atomic E-state index is 12.5. The summed E-state index contributed by atoms with van der Waals surface area (Å²) < 4.78 is 30.9. The monoisotopic (exact) mass is 333 g/mol. The molecule has 1 aliphatic rings. The van der Waals surface area contributed by atoms with Crippen molar-refractivity contribution in [3.05, 3.63) is 16.3 Å². The predicted octanol–water partition coefficient (Wildman–Crippen LogP) is 1.02. The van der Waals surface area contributed by atoms with Crippen LogP contribution in [0.4, 0.5) is 0 Å². The number of carboxylic acid groups (broad SMARTS) is 1. The van der Waals surface area contributed by atoms with Crippen LogP contribution in [0.5, 0.6) is 0 Å². The fourth-order valence-corrected chi connectivity index (χ4v) is 5.00. The van der Waals surface area contributed by atoms with Gasteiger partial charge in [0.15, 0.2) is 0 Å². The summed E-state index contributed by atoms with van der Waals surface area (Å²) in [5.74, 6) is -2.11. The van der Waals surface area contributed by atoms with Gasteiger partial charge in [0.05, 0.1) is 13.0 Å². The third-order valence-corrected chi connectivity index (χ3v) is 6.39. The Morgan fingerprint density at radius 2 is 2.00 bits per heavy atom. The Labute approximate surface area is 126 Å². The molecule has 2 rings (SSSR count). The lowest BCUT2D eigenvalue weighted by Crippen LogP contribution is -2.40. The van der Waals surface area contributed by atoms with E-state index < -0.39 is 27.9 Å². The summed E-state index contributed by atoms with van der Waals surface area (Å²) in [4.78, 5) is 22.5. The van der Waals surface area contributed by atoms with Crippen LogP contribution in [0.15, 0.2) is 16.3 Å². The van der Waals surface area contributed by atoms with Crippen molar-refractivity contribution >= 4 is 33.3 Å². The standard InChI is InChI=1S/C12H15NO6S2/c1-19-12(16)10-9(4-7-20-10)21(17,18)13-5-2-8(3-6-13)11(14)15/h4,7-8H,2-3,5-6H2,1H3,(H,14,15). The number of thiophene rings is 1. The first-order chi connectivity index (χ1) is 9.87. The van der Waals surface area contributed by atoms with E-state index in [0.717, 1.165) is 11.3 Å². The number of rotatable bonds is 4. The predicted molar refractivity (Wildman–Crippen MR) is 74.8 cm³/mol. The summed E-state index contributed by atoms with van der Waals surface area (Å²) in [5, 5.41) is 10.4. The van der Waals surface area contributed by atoms with Crippen molar-refractivity contribution in [2.45, 2.75) is 17.7 Å². The van der Waals surface area contributed by atoms with Crippen LogP contribution in [-0.2, 0) is 19.6 Å². The fourth-order valence-electron chi connectivity index (χ4n) is 2.22. The van der Waals surface area contributed by atoms with Gasteiger partial charge in [-0.05, 0) is 24.3 Å². The molecule has 1 aliphatic heterocycles. The normalized spacial score (nSPS) is 17.6. The second kappa shape index (κ2) is 6.12. The highest BCUT2D eigenvalue weighted by molar-refractivity contribution is 7.89. The molecule has 0 amide bonds. The number of esters is 1. The molecule has 1 fully saturated rings. The smallest absolute Gasteiger partial charge is 0.349 e. The highest BCUT2D eigenvalue weighted by Crippen LogP contribution is 2.29. The molecule has 2 heterocycles. The highest BCUT2D eigenvalue weighted by Gasteiger charge is 2.34. The summed E-state index contributed by atoms with van der Waals surface area (Å²) >= 11 is 1.00. The van der Waals surface area contributed by atoms with Crippen molar-refractivity contribution in [1.82, 2.24) is 4.31 Å². The zero-order chi connectivity index (χ0) is 15.6. The van der Waals surface area contributed by atoms with E-state index in [9.17, 15) is 18.0 Å². The molecule has 21 heavy (non-hydrogen) atoms. The second-order valence-electron chi connectivity index (χ2n) is 4.62. The van der Waals surface area contributed by atoms with Crippen LogP contribution in [-0.4, -0.2) is 50.0 Å². The maximum absolute atomic E-state index is 12.5. The quantitative estimate of drug-likeness (QED) is 0.826. The average molecular weight is 333 g/mol. The number of hydrogen-bond donors (Lipinski definition) is 1. The fraction of sp³-hybridized carbons (Fsp3) is 0.500. The van der Waals surface area contributed by atoms with Crippen LogP contribution in [0, 0.1) is 5.92 Å². The first kappa shape index (κ1) is 15.9. The molecule has 0 spiro atoms. The van der Waals surface area contributed by atoms with Gasteiger partial charge in [-0.15, -0.1) is 11.3 Å². The van der Waals surface area contributed by atoms with Gasteiger partial charge in [0.1, 0.15) is 9.77 Å². The van der Waals surface area contributed by atoms with Crippen LogP contribution < -0.4 is 0 Å². The molecular formula is C12H15NO6S2. The van der Waals surface area contributed by atoms with Gasteiger partial charge >= 0.3 is 11.9 Å². The van der Waals surface area contributed by atoms with Crippen LogP contribution in [0.3, 0.4) is 0 Å². The number of methoxy groups -OCH3 is 1. The van der Waals surface area contributed by atoms with Crippen molar-refractivity contribution in [2.24, 2.45) is 5.92 Å². The number of ether oxygens (including phenoxy) is 1. The number of piperidine rings is 1. The number of sulfonamides is 1. The number of carboxylic acids is 1. The van der Waals surface area contributed by atoms with E-state index in [1.807, 2.05) is 0 Å². The van der Waals surface area contributed by atoms with Gasteiger partial charge in [-0.25, -0.2) is 13.2 Å². The van der Waals surface area contributed by atoms with E-state index >= 15 is 0 Å². The number of carbonyl (C=O) groups is 2. The SMILES string of the molecule is COC(=O)c1sccc1S(=O)(=O)N1CCC(C(=O)O)CC1. The molecule has 0 aromatic carbocycles. The number of carbonyl (C=O) groups excluding carboxylic acids is 1. The summed E-state index contributed by atoms with van der Waals surface area (Å²) in [5.41, 5.74) is 0. The molecule has 116 valence electrons. The minimum atomic E-state index is -3.80. The Morgan fingerprint density at radius 1 is 1.38 bits per heavy atom. The maximum Gasteiger partial charge on any atom is 0.349 e. The molecule has 0 aliphatic carbocycles. The molecule has 0 bridgehead atoms. The third-order valence-electron chi connectivity index (χ3n) is 3.42. The molecule has 1 saturated heterocycles. The van der Waals surface area contributed by atoms with Gasteiger partial charge < -0.3 is 9.84 Å². The molecular weight excluding hydrogens is 318 g/mol. The van der Waals surface area contributed by atoms with Gasteiger partial charge in [-0.2, -0.15) is 4.31 Å².